The van der Waals surface area contributed by atoms with Gasteiger partial charge in [0.2, 0.25) is 0 Å². The van der Waals surface area contributed by atoms with Crippen molar-refractivity contribution in [2.75, 3.05) is 14.2 Å². The topological polar surface area (TPSA) is 76.0 Å². The van der Waals surface area contributed by atoms with Crippen molar-refractivity contribution in [1.29, 1.82) is 0 Å². The van der Waals surface area contributed by atoms with Gasteiger partial charge in [0.15, 0.2) is 17.6 Å². The maximum absolute atomic E-state index is 10.9. The molecule has 1 aromatic carbocycles. The second kappa shape index (κ2) is 5.73. The SMILES string of the molecule is COc1cc(C(C)C)cc(C(O)C(=O)O)c1OC. The first-order chi connectivity index (χ1) is 8.42. The van der Waals surface area contributed by atoms with E-state index in [9.17, 15) is 9.90 Å². The van der Waals surface area contributed by atoms with Gasteiger partial charge in [0.05, 0.1) is 14.2 Å². The minimum absolute atomic E-state index is 0.185. The van der Waals surface area contributed by atoms with E-state index in [2.05, 4.69) is 0 Å². The molecule has 1 atom stereocenters. The largest absolute Gasteiger partial charge is 0.493 e. The molecule has 1 unspecified atom stereocenters. The van der Waals surface area contributed by atoms with Crippen LogP contribution in [0, 0.1) is 0 Å². The van der Waals surface area contributed by atoms with Crippen molar-refractivity contribution in [3.05, 3.63) is 23.3 Å². The molecule has 0 amide bonds. The molecular formula is C13H18O5. The molecule has 5 nitrogen and oxygen atoms in total. The van der Waals surface area contributed by atoms with Crippen LogP contribution in [0.3, 0.4) is 0 Å². The predicted molar refractivity (Wildman–Crippen MR) is 66.2 cm³/mol. The summed E-state index contributed by atoms with van der Waals surface area (Å²) in [5.41, 5.74) is 1.08. The molecule has 2 N–H and O–H groups in total. The van der Waals surface area contributed by atoms with Crippen molar-refractivity contribution < 1.29 is 24.5 Å². The van der Waals surface area contributed by atoms with Crippen molar-refractivity contribution in [3.8, 4) is 11.5 Å². The summed E-state index contributed by atoms with van der Waals surface area (Å²) in [5.74, 6) is -0.475. The Kier molecular flexibility index (Phi) is 4.55. The second-order valence-corrected chi connectivity index (χ2v) is 4.24. The molecule has 0 aliphatic heterocycles. The fraction of sp³-hybridized carbons (Fsp3) is 0.462. The van der Waals surface area contributed by atoms with Gasteiger partial charge in [0, 0.05) is 5.56 Å². The summed E-state index contributed by atoms with van der Waals surface area (Å²) in [6.07, 6.45) is -1.63. The van der Waals surface area contributed by atoms with Crippen LogP contribution in [0.1, 0.15) is 37.0 Å². The van der Waals surface area contributed by atoms with Gasteiger partial charge in [-0.1, -0.05) is 13.8 Å². The third-order valence-electron chi connectivity index (χ3n) is 2.73. The standard InChI is InChI=1S/C13H18O5/c1-7(2)8-5-9(11(14)13(15)16)12(18-4)10(6-8)17-3/h5-7,11,14H,1-4H3,(H,15,16). The number of hydrogen-bond donors (Lipinski definition) is 2. The molecule has 1 aromatic rings. The third-order valence-corrected chi connectivity index (χ3v) is 2.73. The van der Waals surface area contributed by atoms with Crippen LogP contribution < -0.4 is 9.47 Å². The highest BCUT2D eigenvalue weighted by atomic mass is 16.5. The Labute approximate surface area is 106 Å². The van der Waals surface area contributed by atoms with Gasteiger partial charge in [0.1, 0.15) is 0 Å². The van der Waals surface area contributed by atoms with Crippen molar-refractivity contribution in [1.82, 2.24) is 0 Å². The fourth-order valence-corrected chi connectivity index (χ4v) is 1.69. The van der Waals surface area contributed by atoms with Crippen molar-refractivity contribution in [2.45, 2.75) is 25.9 Å². The Morgan fingerprint density at radius 3 is 2.22 bits per heavy atom. The van der Waals surface area contributed by atoms with Gasteiger partial charge in [-0.05, 0) is 23.6 Å². The number of aliphatic hydroxyl groups excluding tert-OH is 1. The number of ether oxygens (including phenoxy) is 2. The lowest BCUT2D eigenvalue weighted by Gasteiger charge is -2.18. The van der Waals surface area contributed by atoms with E-state index >= 15 is 0 Å². The van der Waals surface area contributed by atoms with Gasteiger partial charge in [-0.15, -0.1) is 0 Å². The maximum Gasteiger partial charge on any atom is 0.337 e. The highest BCUT2D eigenvalue weighted by Crippen LogP contribution is 2.38. The van der Waals surface area contributed by atoms with E-state index < -0.39 is 12.1 Å². The molecule has 5 heteroatoms. The molecule has 0 heterocycles. The van der Waals surface area contributed by atoms with Crippen LogP contribution in [0.2, 0.25) is 0 Å². The van der Waals surface area contributed by atoms with Crippen molar-refractivity contribution >= 4 is 5.97 Å². The molecule has 0 aliphatic rings. The summed E-state index contributed by atoms with van der Waals surface area (Å²) in [7, 11) is 2.88. The Morgan fingerprint density at radius 1 is 1.22 bits per heavy atom. The normalized spacial score (nSPS) is 12.3. The number of hydrogen-bond acceptors (Lipinski definition) is 4. The van der Waals surface area contributed by atoms with Crippen LogP contribution in [0.15, 0.2) is 12.1 Å². The summed E-state index contributed by atoms with van der Waals surface area (Å²) in [6.45, 7) is 3.94. The average molecular weight is 254 g/mol. The molecule has 0 saturated heterocycles. The molecule has 0 fully saturated rings. The van der Waals surface area contributed by atoms with Crippen LogP contribution in [0.5, 0.6) is 11.5 Å². The van der Waals surface area contributed by atoms with Gasteiger partial charge in [0.25, 0.3) is 0 Å². The van der Waals surface area contributed by atoms with E-state index in [1.54, 1.807) is 12.1 Å². The molecular weight excluding hydrogens is 236 g/mol. The summed E-state index contributed by atoms with van der Waals surface area (Å²) < 4.78 is 10.3. The first kappa shape index (κ1) is 14.3. The van der Waals surface area contributed by atoms with Crippen molar-refractivity contribution in [2.24, 2.45) is 0 Å². The van der Waals surface area contributed by atoms with Crippen LogP contribution >= 0.6 is 0 Å². The maximum atomic E-state index is 10.9. The van der Waals surface area contributed by atoms with E-state index in [4.69, 9.17) is 14.6 Å². The van der Waals surface area contributed by atoms with Crippen LogP contribution in [-0.4, -0.2) is 30.4 Å². The zero-order valence-electron chi connectivity index (χ0n) is 10.9. The average Bonchev–Trinajstić information content (AvgIpc) is 2.35. The number of carboxylic acid groups (broad SMARTS) is 1. The van der Waals surface area contributed by atoms with E-state index in [0.29, 0.717) is 5.75 Å². The van der Waals surface area contributed by atoms with Crippen LogP contribution in [0.25, 0.3) is 0 Å². The highest BCUT2D eigenvalue weighted by molar-refractivity contribution is 5.76. The number of aliphatic carboxylic acids is 1. The molecule has 0 aromatic heterocycles. The number of aliphatic hydroxyl groups is 1. The Balaban J connectivity index is 3.44. The van der Waals surface area contributed by atoms with Crippen molar-refractivity contribution in [3.63, 3.8) is 0 Å². The molecule has 0 saturated carbocycles. The third kappa shape index (κ3) is 2.73. The molecule has 0 aliphatic carbocycles. The zero-order valence-corrected chi connectivity index (χ0v) is 10.9. The van der Waals surface area contributed by atoms with Gasteiger partial charge >= 0.3 is 5.97 Å². The summed E-state index contributed by atoms with van der Waals surface area (Å²) in [6, 6.07) is 3.41. The van der Waals surface area contributed by atoms with Gasteiger partial charge in [-0.25, -0.2) is 4.79 Å². The molecule has 0 radical (unpaired) electrons. The van der Waals surface area contributed by atoms with E-state index in [-0.39, 0.29) is 17.2 Å². The van der Waals surface area contributed by atoms with Gasteiger partial charge in [-0.2, -0.15) is 0 Å². The first-order valence-electron chi connectivity index (χ1n) is 5.59. The van der Waals surface area contributed by atoms with E-state index in [1.165, 1.54) is 14.2 Å². The molecule has 1 rings (SSSR count). The van der Waals surface area contributed by atoms with E-state index in [0.717, 1.165) is 5.56 Å². The lowest BCUT2D eigenvalue weighted by Crippen LogP contribution is -2.13. The number of rotatable bonds is 5. The number of carbonyl (C=O) groups is 1. The molecule has 18 heavy (non-hydrogen) atoms. The van der Waals surface area contributed by atoms with Gasteiger partial charge < -0.3 is 19.7 Å². The molecule has 100 valence electrons. The minimum Gasteiger partial charge on any atom is -0.493 e. The van der Waals surface area contributed by atoms with Crippen LogP contribution in [0.4, 0.5) is 0 Å². The van der Waals surface area contributed by atoms with E-state index in [1.807, 2.05) is 13.8 Å². The monoisotopic (exact) mass is 254 g/mol. The molecule has 0 bridgehead atoms. The smallest absolute Gasteiger partial charge is 0.337 e. The lowest BCUT2D eigenvalue weighted by atomic mass is 9.97. The Bertz CT molecular complexity index is 439. The number of methoxy groups -OCH3 is 2. The minimum atomic E-state index is -1.63. The lowest BCUT2D eigenvalue weighted by molar-refractivity contribution is -0.147. The predicted octanol–water partition coefficient (Wildman–Crippen LogP) is 1.95. The van der Waals surface area contributed by atoms with Gasteiger partial charge in [-0.3, -0.25) is 0 Å². The number of carboxylic acids is 1. The number of benzene rings is 1. The highest BCUT2D eigenvalue weighted by Gasteiger charge is 2.24. The summed E-state index contributed by atoms with van der Waals surface area (Å²) in [4.78, 5) is 10.9. The first-order valence-corrected chi connectivity index (χ1v) is 5.59. The molecule has 0 spiro atoms. The Morgan fingerprint density at radius 2 is 1.83 bits per heavy atom. The Hall–Kier alpha value is -1.75. The zero-order chi connectivity index (χ0) is 13.9. The quantitative estimate of drug-likeness (QED) is 0.839. The summed E-state index contributed by atoms with van der Waals surface area (Å²) in [5, 5.41) is 18.6. The summed E-state index contributed by atoms with van der Waals surface area (Å²) >= 11 is 0. The fourth-order valence-electron chi connectivity index (χ4n) is 1.69. The van der Waals surface area contributed by atoms with Crippen LogP contribution in [-0.2, 0) is 4.79 Å². The second-order valence-electron chi connectivity index (χ2n) is 4.24.